The van der Waals surface area contributed by atoms with Crippen molar-refractivity contribution in [3.8, 4) is 0 Å². The minimum absolute atomic E-state index is 0.00167. The second-order valence-corrected chi connectivity index (χ2v) is 9.13. The summed E-state index contributed by atoms with van der Waals surface area (Å²) in [6.07, 6.45) is 1.48. The summed E-state index contributed by atoms with van der Waals surface area (Å²) in [6.45, 7) is 4.42. The maximum Gasteiger partial charge on any atom is 0.232 e. The lowest BCUT2D eigenvalue weighted by Crippen LogP contribution is -2.49. The highest BCUT2D eigenvalue weighted by Gasteiger charge is 2.41. The van der Waals surface area contributed by atoms with Crippen LogP contribution in [-0.2, 0) is 28.9 Å². The van der Waals surface area contributed by atoms with E-state index in [0.717, 1.165) is 0 Å². The summed E-state index contributed by atoms with van der Waals surface area (Å²) in [5.41, 5.74) is 0. The monoisotopic (exact) mass is 374 g/mol. The topological polar surface area (TPSA) is 93.2 Å². The fourth-order valence-electron chi connectivity index (χ4n) is 3.88. The molecule has 0 radical (unpaired) electrons. The number of carbonyl (C=O) groups excluding carboxylic acids is 2. The highest BCUT2D eigenvalue weighted by molar-refractivity contribution is 7.91. The zero-order chi connectivity index (χ0) is 18.1. The number of piperidine rings is 1. The van der Waals surface area contributed by atoms with Crippen molar-refractivity contribution in [2.45, 2.75) is 44.4 Å². The largest absolute Gasteiger partial charge is 0.347 e. The molecule has 3 fully saturated rings. The Labute approximate surface area is 148 Å². The Morgan fingerprint density at radius 2 is 1.84 bits per heavy atom. The maximum absolute atomic E-state index is 12.5. The van der Waals surface area contributed by atoms with Crippen LogP contribution in [0.3, 0.4) is 0 Å². The van der Waals surface area contributed by atoms with Gasteiger partial charge < -0.3 is 19.3 Å². The molecule has 0 aliphatic carbocycles. The standard InChI is InChI=1S/C16H26N2O6S/c1-2-18(13-3-10-25(21,22)12-13)15(20)11-14(19)17-6-4-16(5-7-17)23-8-9-24-16/h13H,2-12H2,1H3. The van der Waals surface area contributed by atoms with Gasteiger partial charge in [0.25, 0.3) is 0 Å². The summed E-state index contributed by atoms with van der Waals surface area (Å²) in [5, 5.41) is 0. The van der Waals surface area contributed by atoms with Crippen molar-refractivity contribution in [3.05, 3.63) is 0 Å². The molecule has 142 valence electrons. The molecule has 8 nitrogen and oxygen atoms in total. The molecule has 0 N–H and O–H groups in total. The molecule has 0 aromatic heterocycles. The predicted octanol–water partition coefficient (Wildman–Crippen LogP) is -0.222. The number of hydrogen-bond donors (Lipinski definition) is 0. The van der Waals surface area contributed by atoms with Gasteiger partial charge in [0.15, 0.2) is 15.6 Å². The van der Waals surface area contributed by atoms with Crippen LogP contribution in [0.4, 0.5) is 0 Å². The van der Waals surface area contributed by atoms with Crippen LogP contribution in [0, 0.1) is 0 Å². The molecular formula is C16H26N2O6S. The molecule has 1 unspecified atom stereocenters. The van der Waals surface area contributed by atoms with E-state index in [4.69, 9.17) is 9.47 Å². The van der Waals surface area contributed by atoms with Crippen molar-refractivity contribution < 1.29 is 27.5 Å². The van der Waals surface area contributed by atoms with E-state index < -0.39 is 15.6 Å². The van der Waals surface area contributed by atoms with Crippen LogP contribution in [0.25, 0.3) is 0 Å². The lowest BCUT2D eigenvalue weighted by molar-refractivity contribution is -0.187. The van der Waals surface area contributed by atoms with Crippen molar-refractivity contribution in [1.29, 1.82) is 0 Å². The molecule has 3 saturated heterocycles. The number of likely N-dealkylation sites (tertiary alicyclic amines) is 1. The molecule has 9 heteroatoms. The lowest BCUT2D eigenvalue weighted by Gasteiger charge is -2.37. The first-order valence-electron chi connectivity index (χ1n) is 8.90. The summed E-state index contributed by atoms with van der Waals surface area (Å²) in [7, 11) is -3.06. The first-order chi connectivity index (χ1) is 11.8. The third-order valence-electron chi connectivity index (χ3n) is 5.30. The highest BCUT2D eigenvalue weighted by Crippen LogP contribution is 2.31. The molecule has 3 rings (SSSR count). The molecular weight excluding hydrogens is 348 g/mol. The number of hydrogen-bond acceptors (Lipinski definition) is 6. The van der Waals surface area contributed by atoms with Gasteiger partial charge in [0.1, 0.15) is 6.42 Å². The number of sulfone groups is 1. The summed E-state index contributed by atoms with van der Waals surface area (Å²) < 4.78 is 34.6. The van der Waals surface area contributed by atoms with Crippen molar-refractivity contribution in [2.24, 2.45) is 0 Å². The van der Waals surface area contributed by atoms with Crippen LogP contribution < -0.4 is 0 Å². The van der Waals surface area contributed by atoms with Gasteiger partial charge in [0.05, 0.1) is 24.7 Å². The summed E-state index contributed by atoms with van der Waals surface area (Å²) in [6, 6.07) is -0.305. The minimum atomic E-state index is -3.06. The molecule has 0 saturated carbocycles. The van der Waals surface area contributed by atoms with Crippen molar-refractivity contribution >= 4 is 21.7 Å². The third-order valence-corrected chi connectivity index (χ3v) is 7.05. The van der Waals surface area contributed by atoms with Gasteiger partial charge in [-0.2, -0.15) is 0 Å². The molecule has 3 aliphatic rings. The summed E-state index contributed by atoms with van der Waals surface area (Å²) in [4.78, 5) is 28.2. The van der Waals surface area contributed by atoms with Gasteiger partial charge in [0, 0.05) is 38.5 Å². The molecule has 1 spiro atoms. The molecule has 25 heavy (non-hydrogen) atoms. The molecule has 3 heterocycles. The molecule has 0 bridgehead atoms. The van der Waals surface area contributed by atoms with E-state index in [1.54, 1.807) is 4.90 Å². The van der Waals surface area contributed by atoms with E-state index in [1.165, 1.54) is 4.90 Å². The highest BCUT2D eigenvalue weighted by atomic mass is 32.2. The number of amides is 2. The Kier molecular flexibility index (Phi) is 5.36. The number of ether oxygens (including phenoxy) is 2. The van der Waals surface area contributed by atoms with Crippen LogP contribution >= 0.6 is 0 Å². The minimum Gasteiger partial charge on any atom is -0.347 e. The Balaban J connectivity index is 1.52. The van der Waals surface area contributed by atoms with Crippen molar-refractivity contribution in [2.75, 3.05) is 44.4 Å². The Bertz CT molecular complexity index is 619. The fourth-order valence-corrected chi connectivity index (χ4v) is 5.62. The predicted molar refractivity (Wildman–Crippen MR) is 89.5 cm³/mol. The maximum atomic E-state index is 12.5. The zero-order valence-corrected chi connectivity index (χ0v) is 15.4. The first-order valence-corrected chi connectivity index (χ1v) is 10.7. The molecule has 1 atom stereocenters. The van der Waals surface area contributed by atoms with Crippen molar-refractivity contribution in [1.82, 2.24) is 9.80 Å². The molecule has 0 aromatic rings. The van der Waals surface area contributed by atoms with Gasteiger partial charge in [-0.25, -0.2) is 8.42 Å². The average molecular weight is 374 g/mol. The van der Waals surface area contributed by atoms with E-state index in [0.29, 0.717) is 52.1 Å². The van der Waals surface area contributed by atoms with E-state index >= 15 is 0 Å². The quantitative estimate of drug-likeness (QED) is 0.632. The smallest absolute Gasteiger partial charge is 0.232 e. The number of nitrogens with zero attached hydrogens (tertiary/aromatic N) is 2. The van der Waals surface area contributed by atoms with E-state index in [9.17, 15) is 18.0 Å². The second kappa shape index (κ2) is 7.20. The zero-order valence-electron chi connectivity index (χ0n) is 14.6. The van der Waals surface area contributed by atoms with Crippen LogP contribution in [0.1, 0.15) is 32.6 Å². The summed E-state index contributed by atoms with van der Waals surface area (Å²) >= 11 is 0. The first kappa shape index (κ1) is 18.6. The van der Waals surface area contributed by atoms with E-state index in [-0.39, 0.29) is 35.8 Å². The van der Waals surface area contributed by atoms with E-state index in [1.807, 2.05) is 6.92 Å². The van der Waals surface area contributed by atoms with Crippen molar-refractivity contribution in [3.63, 3.8) is 0 Å². The number of rotatable bonds is 4. The average Bonchev–Trinajstić information content (AvgIpc) is 3.15. The van der Waals surface area contributed by atoms with Crippen LogP contribution in [0.15, 0.2) is 0 Å². The third kappa shape index (κ3) is 4.15. The molecule has 2 amide bonds. The summed E-state index contributed by atoms with van der Waals surface area (Å²) in [5.74, 6) is -0.930. The van der Waals surface area contributed by atoms with Gasteiger partial charge in [-0.3, -0.25) is 9.59 Å². The van der Waals surface area contributed by atoms with Gasteiger partial charge in [0.2, 0.25) is 11.8 Å². The lowest BCUT2D eigenvalue weighted by atomic mass is 10.0. The normalized spacial score (nSPS) is 27.6. The van der Waals surface area contributed by atoms with Gasteiger partial charge in [-0.15, -0.1) is 0 Å². The SMILES string of the molecule is CCN(C(=O)CC(=O)N1CCC2(CC1)OCCO2)C1CCS(=O)(=O)C1. The van der Waals surface area contributed by atoms with Gasteiger partial charge >= 0.3 is 0 Å². The Hall–Kier alpha value is -1.19. The van der Waals surface area contributed by atoms with Crippen LogP contribution in [0.2, 0.25) is 0 Å². The fraction of sp³-hybridized carbons (Fsp3) is 0.875. The van der Waals surface area contributed by atoms with Gasteiger partial charge in [-0.05, 0) is 13.3 Å². The number of carbonyl (C=O) groups is 2. The van der Waals surface area contributed by atoms with Crippen LogP contribution in [-0.4, -0.2) is 86.2 Å². The van der Waals surface area contributed by atoms with Gasteiger partial charge in [-0.1, -0.05) is 0 Å². The second-order valence-electron chi connectivity index (χ2n) is 6.90. The molecule has 3 aliphatic heterocycles. The Morgan fingerprint density at radius 1 is 1.20 bits per heavy atom. The van der Waals surface area contributed by atoms with E-state index in [2.05, 4.69) is 0 Å². The molecule has 0 aromatic carbocycles. The van der Waals surface area contributed by atoms with Crippen LogP contribution in [0.5, 0.6) is 0 Å². The Morgan fingerprint density at radius 3 is 2.36 bits per heavy atom.